The maximum absolute atomic E-state index is 5.16. The Kier molecular flexibility index (Phi) is 3.93. The minimum Gasteiger partial charge on any atom is -0.338 e. The molecule has 1 aliphatic heterocycles. The lowest BCUT2D eigenvalue weighted by Crippen LogP contribution is -2.17. The van der Waals surface area contributed by atoms with E-state index in [1.807, 2.05) is 30.6 Å². The van der Waals surface area contributed by atoms with Gasteiger partial charge in [-0.05, 0) is 7.05 Å². The third-order valence-electron chi connectivity index (χ3n) is 2.25. The summed E-state index contributed by atoms with van der Waals surface area (Å²) in [6.07, 6.45) is 0. The molecule has 2 heterocycles. The molecule has 1 fully saturated rings. The van der Waals surface area contributed by atoms with Crippen LogP contribution in [0.1, 0.15) is 23.9 Å². The first kappa shape index (κ1) is 11.3. The summed E-state index contributed by atoms with van der Waals surface area (Å²) < 4.78 is 5.16. The Morgan fingerprint density at radius 2 is 2.27 bits per heavy atom. The summed E-state index contributed by atoms with van der Waals surface area (Å²) in [6, 6.07) is 0. The molecule has 0 bridgehead atoms. The van der Waals surface area contributed by atoms with E-state index < -0.39 is 0 Å². The second kappa shape index (κ2) is 5.23. The molecule has 6 heteroatoms. The molecule has 2 unspecified atom stereocenters. The summed E-state index contributed by atoms with van der Waals surface area (Å²) in [5.41, 5.74) is 0. The van der Waals surface area contributed by atoms with Gasteiger partial charge in [0.15, 0.2) is 5.82 Å². The fourth-order valence-corrected chi connectivity index (χ4v) is 4.20. The lowest BCUT2D eigenvalue weighted by atomic mass is 10.3. The fraction of sp³-hybridized carbons (Fsp3) is 0.778. The van der Waals surface area contributed by atoms with Crippen LogP contribution < -0.4 is 5.32 Å². The Morgan fingerprint density at radius 3 is 3.00 bits per heavy atom. The highest BCUT2D eigenvalue weighted by Gasteiger charge is 2.28. The highest BCUT2D eigenvalue weighted by molar-refractivity contribution is 8.06. The SMILES string of the molecule is CNCc1nc(C2SCCSC2C)no1. The Labute approximate surface area is 98.0 Å². The van der Waals surface area contributed by atoms with E-state index >= 15 is 0 Å². The molecule has 0 spiro atoms. The Bertz CT molecular complexity index is 318. The molecule has 0 aromatic carbocycles. The predicted molar refractivity (Wildman–Crippen MR) is 64.2 cm³/mol. The molecular formula is C9H15N3OS2. The van der Waals surface area contributed by atoms with Gasteiger partial charge in [-0.15, -0.1) is 11.8 Å². The largest absolute Gasteiger partial charge is 0.338 e. The van der Waals surface area contributed by atoms with Crippen LogP contribution in [0.4, 0.5) is 0 Å². The third-order valence-corrected chi connectivity index (χ3v) is 5.34. The minimum atomic E-state index is 0.387. The first-order chi connectivity index (χ1) is 7.31. The Hall–Kier alpha value is -0.200. The van der Waals surface area contributed by atoms with Crippen LogP contribution in [-0.2, 0) is 6.54 Å². The van der Waals surface area contributed by atoms with Crippen molar-refractivity contribution in [3.63, 3.8) is 0 Å². The lowest BCUT2D eigenvalue weighted by Gasteiger charge is -2.24. The van der Waals surface area contributed by atoms with Gasteiger partial charge in [-0.25, -0.2) is 0 Å². The molecule has 4 nitrogen and oxygen atoms in total. The van der Waals surface area contributed by atoms with E-state index in [2.05, 4.69) is 22.4 Å². The average molecular weight is 245 g/mol. The van der Waals surface area contributed by atoms with Crippen molar-refractivity contribution in [2.24, 2.45) is 0 Å². The number of thioether (sulfide) groups is 2. The predicted octanol–water partition coefficient (Wildman–Crippen LogP) is 1.70. The van der Waals surface area contributed by atoms with Gasteiger partial charge in [0.05, 0.1) is 11.8 Å². The monoisotopic (exact) mass is 245 g/mol. The van der Waals surface area contributed by atoms with Crippen molar-refractivity contribution in [3.8, 4) is 0 Å². The van der Waals surface area contributed by atoms with Crippen LogP contribution in [0.15, 0.2) is 4.52 Å². The summed E-state index contributed by atoms with van der Waals surface area (Å²) in [5.74, 6) is 3.93. The van der Waals surface area contributed by atoms with E-state index in [1.54, 1.807) is 0 Å². The van der Waals surface area contributed by atoms with Crippen molar-refractivity contribution in [3.05, 3.63) is 11.7 Å². The van der Waals surface area contributed by atoms with Gasteiger partial charge in [0.25, 0.3) is 0 Å². The van der Waals surface area contributed by atoms with E-state index in [1.165, 1.54) is 11.5 Å². The molecule has 84 valence electrons. The summed E-state index contributed by atoms with van der Waals surface area (Å²) in [7, 11) is 1.87. The van der Waals surface area contributed by atoms with Crippen molar-refractivity contribution in [2.75, 3.05) is 18.6 Å². The third kappa shape index (κ3) is 2.68. The van der Waals surface area contributed by atoms with Gasteiger partial charge < -0.3 is 9.84 Å². The van der Waals surface area contributed by atoms with Gasteiger partial charge in [-0.3, -0.25) is 0 Å². The maximum atomic E-state index is 5.16. The van der Waals surface area contributed by atoms with E-state index in [9.17, 15) is 0 Å². The molecule has 0 radical (unpaired) electrons. The standard InChI is InChI=1S/C9H15N3OS2/c1-6-8(15-4-3-14-6)9-11-7(5-10-2)13-12-9/h6,8,10H,3-5H2,1-2H3. The summed E-state index contributed by atoms with van der Waals surface area (Å²) in [5, 5.41) is 8.01. The van der Waals surface area contributed by atoms with Crippen LogP contribution in [0.25, 0.3) is 0 Å². The molecule has 1 N–H and O–H groups in total. The fourth-order valence-electron chi connectivity index (χ4n) is 1.52. The second-order valence-corrected chi connectivity index (χ2v) is 6.18. The first-order valence-electron chi connectivity index (χ1n) is 5.01. The topological polar surface area (TPSA) is 51.0 Å². The van der Waals surface area contributed by atoms with Crippen molar-refractivity contribution >= 4 is 23.5 Å². The van der Waals surface area contributed by atoms with Crippen molar-refractivity contribution in [2.45, 2.75) is 24.0 Å². The lowest BCUT2D eigenvalue weighted by molar-refractivity contribution is 0.366. The van der Waals surface area contributed by atoms with Gasteiger partial charge in [0.2, 0.25) is 5.89 Å². The highest BCUT2D eigenvalue weighted by atomic mass is 32.2. The van der Waals surface area contributed by atoms with Crippen molar-refractivity contribution < 1.29 is 4.52 Å². The molecule has 2 rings (SSSR count). The molecule has 15 heavy (non-hydrogen) atoms. The summed E-state index contributed by atoms with van der Waals surface area (Å²) >= 11 is 3.92. The normalized spacial score (nSPS) is 26.8. The van der Waals surface area contributed by atoms with E-state index in [0.29, 0.717) is 22.9 Å². The number of hydrogen-bond acceptors (Lipinski definition) is 6. The van der Waals surface area contributed by atoms with Crippen LogP contribution in [0.5, 0.6) is 0 Å². The molecule has 0 amide bonds. The van der Waals surface area contributed by atoms with Gasteiger partial charge in [0, 0.05) is 16.8 Å². The van der Waals surface area contributed by atoms with Crippen LogP contribution in [0.2, 0.25) is 0 Å². The van der Waals surface area contributed by atoms with Gasteiger partial charge in [-0.1, -0.05) is 12.1 Å². The van der Waals surface area contributed by atoms with Crippen LogP contribution in [0, 0.1) is 0 Å². The summed E-state index contributed by atoms with van der Waals surface area (Å²) in [4.78, 5) is 4.40. The molecule has 1 aromatic rings. The zero-order chi connectivity index (χ0) is 10.7. The first-order valence-corrected chi connectivity index (χ1v) is 7.11. The van der Waals surface area contributed by atoms with Crippen LogP contribution in [-0.4, -0.2) is 33.9 Å². The van der Waals surface area contributed by atoms with E-state index in [4.69, 9.17) is 4.52 Å². The smallest absolute Gasteiger partial charge is 0.240 e. The van der Waals surface area contributed by atoms with E-state index in [0.717, 1.165) is 5.82 Å². The maximum Gasteiger partial charge on any atom is 0.240 e. The highest BCUT2D eigenvalue weighted by Crippen LogP contribution is 2.40. The molecule has 1 aromatic heterocycles. The Balaban J connectivity index is 2.06. The van der Waals surface area contributed by atoms with Gasteiger partial charge in [0.1, 0.15) is 0 Å². The zero-order valence-corrected chi connectivity index (χ0v) is 10.5. The van der Waals surface area contributed by atoms with Crippen molar-refractivity contribution in [1.82, 2.24) is 15.5 Å². The molecule has 0 aliphatic carbocycles. The molecule has 1 aliphatic rings. The van der Waals surface area contributed by atoms with Crippen molar-refractivity contribution in [1.29, 1.82) is 0 Å². The van der Waals surface area contributed by atoms with E-state index in [-0.39, 0.29) is 0 Å². The quantitative estimate of drug-likeness (QED) is 0.874. The van der Waals surface area contributed by atoms with Crippen LogP contribution in [0.3, 0.4) is 0 Å². The number of rotatable bonds is 3. The number of hydrogen-bond donors (Lipinski definition) is 1. The zero-order valence-electron chi connectivity index (χ0n) is 8.90. The van der Waals surface area contributed by atoms with Gasteiger partial charge >= 0.3 is 0 Å². The molecular weight excluding hydrogens is 230 g/mol. The molecule has 0 saturated carbocycles. The number of nitrogens with one attached hydrogen (secondary N) is 1. The Morgan fingerprint density at radius 1 is 1.47 bits per heavy atom. The number of nitrogens with zero attached hydrogens (tertiary/aromatic N) is 2. The van der Waals surface area contributed by atoms with Gasteiger partial charge in [-0.2, -0.15) is 16.7 Å². The number of aromatic nitrogens is 2. The molecule has 2 atom stereocenters. The second-order valence-electron chi connectivity index (χ2n) is 3.44. The minimum absolute atomic E-state index is 0.387. The van der Waals surface area contributed by atoms with Crippen LogP contribution >= 0.6 is 23.5 Å². The average Bonchev–Trinajstić information content (AvgIpc) is 2.68. The molecule has 1 saturated heterocycles. The summed E-state index contributed by atoms with van der Waals surface area (Å²) in [6.45, 7) is 2.88.